The van der Waals surface area contributed by atoms with E-state index in [4.69, 9.17) is 9.47 Å². The number of methoxy groups -OCH3 is 1. The summed E-state index contributed by atoms with van der Waals surface area (Å²) in [7, 11) is 1.76. The third kappa shape index (κ3) is 2.75. The van der Waals surface area contributed by atoms with Crippen LogP contribution in [0, 0.1) is 6.92 Å². The number of likely N-dealkylation sites (tertiary alicyclic amines) is 1. The van der Waals surface area contributed by atoms with E-state index in [0.717, 1.165) is 38.0 Å². The number of aromatic nitrogens is 1. The maximum atomic E-state index is 12.7. The minimum absolute atomic E-state index is 0.0743. The van der Waals surface area contributed by atoms with Crippen LogP contribution in [0.4, 0.5) is 0 Å². The number of nitrogens with zero attached hydrogens (tertiary/aromatic N) is 2. The minimum atomic E-state index is -0.201. The molecule has 2 fully saturated rings. The van der Waals surface area contributed by atoms with Crippen molar-refractivity contribution in [2.45, 2.75) is 44.3 Å². The monoisotopic (exact) mass is 304 g/mol. The Bertz CT molecular complexity index is 538. The highest BCUT2D eigenvalue weighted by atomic mass is 16.5. The molecule has 1 atom stereocenters. The Morgan fingerprint density at radius 1 is 1.45 bits per heavy atom. The molecular weight excluding hydrogens is 280 g/mol. The van der Waals surface area contributed by atoms with Crippen molar-refractivity contribution in [1.82, 2.24) is 9.88 Å². The zero-order chi connectivity index (χ0) is 15.6. The van der Waals surface area contributed by atoms with Gasteiger partial charge in [0.15, 0.2) is 0 Å². The number of carbonyl (C=O) groups is 1. The lowest BCUT2D eigenvalue weighted by Gasteiger charge is -2.48. The number of rotatable bonds is 2. The van der Waals surface area contributed by atoms with Gasteiger partial charge in [-0.1, -0.05) is 0 Å². The highest BCUT2D eigenvalue weighted by molar-refractivity contribution is 5.95. The number of aryl methyl sites for hydroxylation is 1. The first-order valence-electron chi connectivity index (χ1n) is 8.04. The number of hydrogen-bond donors (Lipinski definition) is 0. The molecule has 2 aliphatic rings. The average molecular weight is 304 g/mol. The fourth-order valence-electron chi connectivity index (χ4n) is 3.67. The topological polar surface area (TPSA) is 51.7 Å². The second kappa shape index (κ2) is 6.34. The van der Waals surface area contributed by atoms with Crippen LogP contribution >= 0.6 is 0 Å². The van der Waals surface area contributed by atoms with Gasteiger partial charge >= 0.3 is 0 Å². The third-order valence-electron chi connectivity index (χ3n) is 5.01. The van der Waals surface area contributed by atoms with Crippen LogP contribution in [-0.4, -0.2) is 54.3 Å². The molecule has 1 unspecified atom stereocenters. The minimum Gasteiger partial charge on any atom is -0.378 e. The van der Waals surface area contributed by atoms with Crippen molar-refractivity contribution < 1.29 is 14.3 Å². The largest absolute Gasteiger partial charge is 0.378 e. The predicted molar refractivity (Wildman–Crippen MR) is 82.8 cm³/mol. The maximum Gasteiger partial charge on any atom is 0.255 e. The highest BCUT2D eigenvalue weighted by Crippen LogP contribution is 2.37. The summed E-state index contributed by atoms with van der Waals surface area (Å²) in [5, 5.41) is 0. The number of amides is 1. The van der Waals surface area contributed by atoms with Crippen LogP contribution in [0.5, 0.6) is 0 Å². The van der Waals surface area contributed by atoms with Crippen molar-refractivity contribution in [3.63, 3.8) is 0 Å². The smallest absolute Gasteiger partial charge is 0.255 e. The summed E-state index contributed by atoms with van der Waals surface area (Å²) in [6.45, 7) is 4.11. The Balaban J connectivity index is 1.69. The lowest BCUT2D eigenvalue weighted by Crippen LogP contribution is -2.56. The van der Waals surface area contributed by atoms with Gasteiger partial charge in [-0.15, -0.1) is 0 Å². The van der Waals surface area contributed by atoms with Gasteiger partial charge in [-0.25, -0.2) is 0 Å². The summed E-state index contributed by atoms with van der Waals surface area (Å²) < 4.78 is 11.7. The molecule has 0 bridgehead atoms. The van der Waals surface area contributed by atoms with Gasteiger partial charge in [0.25, 0.3) is 5.91 Å². The van der Waals surface area contributed by atoms with E-state index in [1.807, 2.05) is 24.0 Å². The molecule has 2 aliphatic heterocycles. The van der Waals surface area contributed by atoms with Crippen molar-refractivity contribution in [2.24, 2.45) is 0 Å². The quantitative estimate of drug-likeness (QED) is 0.840. The molecular formula is C17H24N2O3. The molecule has 1 amide bonds. The van der Waals surface area contributed by atoms with Gasteiger partial charge in [0.2, 0.25) is 0 Å². The summed E-state index contributed by atoms with van der Waals surface area (Å²) in [6, 6.07) is 3.67. The summed E-state index contributed by atoms with van der Waals surface area (Å²) in [4.78, 5) is 18.8. The van der Waals surface area contributed by atoms with E-state index in [1.54, 1.807) is 13.3 Å². The normalized spacial score (nSPS) is 24.5. The van der Waals surface area contributed by atoms with Crippen molar-refractivity contribution in [2.75, 3.05) is 26.8 Å². The Hall–Kier alpha value is -1.46. The average Bonchev–Trinajstić information content (AvgIpc) is 2.56. The molecule has 1 aromatic rings. The van der Waals surface area contributed by atoms with E-state index in [-0.39, 0.29) is 17.6 Å². The summed E-state index contributed by atoms with van der Waals surface area (Å²) in [6.07, 6.45) is 5.66. The van der Waals surface area contributed by atoms with Crippen LogP contribution in [-0.2, 0) is 9.47 Å². The van der Waals surface area contributed by atoms with Crippen LogP contribution in [0.2, 0.25) is 0 Å². The Morgan fingerprint density at radius 3 is 2.91 bits per heavy atom. The van der Waals surface area contributed by atoms with Gasteiger partial charge < -0.3 is 14.4 Å². The molecule has 3 heterocycles. The fourth-order valence-corrected chi connectivity index (χ4v) is 3.67. The SMILES string of the molecule is COC1CCCOC12CCN(C(=O)c1cccnc1C)CC2. The molecule has 0 aliphatic carbocycles. The van der Waals surface area contributed by atoms with Gasteiger partial charge in [-0.3, -0.25) is 9.78 Å². The van der Waals surface area contributed by atoms with Gasteiger partial charge in [0, 0.05) is 38.7 Å². The van der Waals surface area contributed by atoms with Crippen molar-refractivity contribution >= 4 is 5.91 Å². The molecule has 0 aromatic carbocycles. The third-order valence-corrected chi connectivity index (χ3v) is 5.01. The molecule has 2 saturated heterocycles. The molecule has 120 valence electrons. The number of carbonyl (C=O) groups excluding carboxylic acids is 1. The molecule has 1 spiro atoms. The second-order valence-corrected chi connectivity index (χ2v) is 6.21. The standard InChI is InChI=1S/C17H24N2O3/c1-13-14(5-3-9-18-13)16(20)19-10-7-17(8-11-19)15(21-2)6-4-12-22-17/h3,5,9,15H,4,6-8,10-12H2,1-2H3. The Morgan fingerprint density at radius 2 is 2.23 bits per heavy atom. The predicted octanol–water partition coefficient (Wildman–Crippen LogP) is 2.19. The van der Waals surface area contributed by atoms with Gasteiger partial charge in [-0.05, 0) is 44.7 Å². The van der Waals surface area contributed by atoms with E-state index in [0.29, 0.717) is 18.7 Å². The van der Waals surface area contributed by atoms with Crippen LogP contribution in [0.1, 0.15) is 41.7 Å². The molecule has 5 nitrogen and oxygen atoms in total. The highest BCUT2D eigenvalue weighted by Gasteiger charge is 2.45. The zero-order valence-corrected chi connectivity index (χ0v) is 13.4. The molecule has 0 N–H and O–H groups in total. The molecule has 5 heteroatoms. The number of piperidine rings is 1. The Kier molecular flexibility index (Phi) is 4.45. The van der Waals surface area contributed by atoms with Gasteiger partial charge in [0.1, 0.15) is 0 Å². The van der Waals surface area contributed by atoms with E-state index >= 15 is 0 Å². The lowest BCUT2D eigenvalue weighted by atomic mass is 9.81. The summed E-state index contributed by atoms with van der Waals surface area (Å²) in [5.41, 5.74) is 1.29. The van der Waals surface area contributed by atoms with Crippen LogP contribution < -0.4 is 0 Å². The number of hydrogen-bond acceptors (Lipinski definition) is 4. The zero-order valence-electron chi connectivity index (χ0n) is 13.4. The molecule has 3 rings (SSSR count). The van der Waals surface area contributed by atoms with Gasteiger partial charge in [0.05, 0.1) is 17.3 Å². The van der Waals surface area contributed by atoms with Crippen molar-refractivity contribution in [1.29, 1.82) is 0 Å². The fraction of sp³-hybridized carbons (Fsp3) is 0.647. The van der Waals surface area contributed by atoms with Crippen LogP contribution in [0.25, 0.3) is 0 Å². The van der Waals surface area contributed by atoms with E-state index < -0.39 is 0 Å². The second-order valence-electron chi connectivity index (χ2n) is 6.21. The Labute approximate surface area is 131 Å². The maximum absolute atomic E-state index is 12.7. The van der Waals surface area contributed by atoms with Crippen LogP contribution in [0.15, 0.2) is 18.3 Å². The molecule has 0 radical (unpaired) electrons. The van der Waals surface area contributed by atoms with Crippen molar-refractivity contribution in [3.05, 3.63) is 29.6 Å². The number of pyridine rings is 1. The summed E-state index contributed by atoms with van der Waals surface area (Å²) >= 11 is 0. The van der Waals surface area contributed by atoms with E-state index in [2.05, 4.69) is 4.98 Å². The molecule has 0 saturated carbocycles. The first-order valence-corrected chi connectivity index (χ1v) is 8.04. The van der Waals surface area contributed by atoms with Crippen LogP contribution in [0.3, 0.4) is 0 Å². The first kappa shape index (κ1) is 15.4. The van der Waals surface area contributed by atoms with E-state index in [9.17, 15) is 4.79 Å². The first-order chi connectivity index (χ1) is 10.7. The van der Waals surface area contributed by atoms with Crippen molar-refractivity contribution in [3.8, 4) is 0 Å². The summed E-state index contributed by atoms with van der Waals surface area (Å²) in [5.74, 6) is 0.0743. The van der Waals surface area contributed by atoms with E-state index in [1.165, 1.54) is 0 Å². The molecule has 1 aromatic heterocycles. The molecule has 22 heavy (non-hydrogen) atoms. The lowest BCUT2D eigenvalue weighted by molar-refractivity contribution is -0.183. The van der Waals surface area contributed by atoms with Gasteiger partial charge in [-0.2, -0.15) is 0 Å². The number of ether oxygens (including phenoxy) is 2.